The van der Waals surface area contributed by atoms with E-state index in [9.17, 15) is 0 Å². The third kappa shape index (κ3) is 5.95. The summed E-state index contributed by atoms with van der Waals surface area (Å²) in [5.41, 5.74) is 1.52. The van der Waals surface area contributed by atoms with Crippen molar-refractivity contribution in [2.75, 3.05) is 52.5 Å². The molecule has 0 unspecified atom stereocenters. The molecule has 3 N–H and O–H groups in total. The van der Waals surface area contributed by atoms with Gasteiger partial charge in [-0.25, -0.2) is 0 Å². The number of nitrogens with two attached hydrogens (primary N) is 1. The Bertz CT molecular complexity index is 420. The first-order chi connectivity index (χ1) is 10.6. The molecule has 0 bridgehead atoms. The molecule has 1 saturated heterocycles. The van der Waals surface area contributed by atoms with Crippen LogP contribution in [-0.4, -0.2) is 52.5 Å². The van der Waals surface area contributed by atoms with E-state index in [2.05, 4.69) is 50.4 Å². The van der Waals surface area contributed by atoms with Crippen molar-refractivity contribution in [3.63, 3.8) is 0 Å². The zero-order valence-electron chi connectivity index (χ0n) is 14.4. The zero-order chi connectivity index (χ0) is 15.8. The first-order valence-electron chi connectivity index (χ1n) is 8.52. The number of piperazine rings is 1. The lowest BCUT2D eigenvalue weighted by Gasteiger charge is -2.22. The minimum atomic E-state index is 0.191. The smallest absolute Gasteiger partial charge is 0.127 e. The summed E-state index contributed by atoms with van der Waals surface area (Å²) in [7, 11) is 0. The van der Waals surface area contributed by atoms with Gasteiger partial charge >= 0.3 is 0 Å². The summed E-state index contributed by atoms with van der Waals surface area (Å²) in [6, 6.07) is 8.39. The molecule has 0 aromatic heterocycles. The molecule has 0 amide bonds. The second kappa shape index (κ2) is 8.51. The van der Waals surface area contributed by atoms with Crippen molar-refractivity contribution in [1.29, 1.82) is 0 Å². The van der Waals surface area contributed by atoms with Crippen LogP contribution in [0.4, 0.5) is 0 Å². The molecular weight excluding hydrogens is 276 g/mol. The van der Waals surface area contributed by atoms with Gasteiger partial charge in [-0.1, -0.05) is 32.9 Å². The van der Waals surface area contributed by atoms with E-state index in [1.54, 1.807) is 4.90 Å². The van der Waals surface area contributed by atoms with Crippen LogP contribution in [0.5, 0.6) is 5.75 Å². The Balaban J connectivity index is 1.56. The van der Waals surface area contributed by atoms with Gasteiger partial charge in [0.05, 0.1) is 13.2 Å². The highest BCUT2D eigenvalue weighted by Crippen LogP contribution is 2.24. The summed E-state index contributed by atoms with van der Waals surface area (Å²) in [4.78, 5) is 1.67. The van der Waals surface area contributed by atoms with Crippen LogP contribution in [0.1, 0.15) is 26.3 Å². The Morgan fingerprint density at radius 3 is 2.32 bits per heavy atom. The third-order valence-corrected chi connectivity index (χ3v) is 4.22. The van der Waals surface area contributed by atoms with Crippen molar-refractivity contribution in [1.82, 2.24) is 0 Å². The molecule has 22 heavy (non-hydrogen) atoms. The average Bonchev–Trinajstić information content (AvgIpc) is 2.51. The van der Waals surface area contributed by atoms with Gasteiger partial charge in [-0.2, -0.15) is 0 Å². The SMILES string of the molecule is CC(C)(C)c1ccc(OCCOCC[NH+]2CC[NH2+]CC2)cc1. The van der Waals surface area contributed by atoms with Crippen LogP contribution in [0.3, 0.4) is 0 Å². The van der Waals surface area contributed by atoms with Crippen molar-refractivity contribution < 1.29 is 19.7 Å². The normalized spacial score (nSPS) is 16.7. The molecule has 0 saturated carbocycles. The molecule has 0 spiro atoms. The van der Waals surface area contributed by atoms with E-state index >= 15 is 0 Å². The molecule has 124 valence electrons. The number of hydrogen-bond donors (Lipinski definition) is 2. The maximum absolute atomic E-state index is 5.73. The van der Waals surface area contributed by atoms with Crippen molar-refractivity contribution in [2.45, 2.75) is 26.2 Å². The molecular formula is C18H32N2O2+2. The van der Waals surface area contributed by atoms with E-state index in [0.29, 0.717) is 13.2 Å². The molecule has 1 aromatic carbocycles. The maximum Gasteiger partial charge on any atom is 0.127 e. The fourth-order valence-electron chi connectivity index (χ4n) is 2.72. The number of ether oxygens (including phenoxy) is 2. The molecule has 4 heteroatoms. The number of quaternary nitrogens is 2. The second-order valence-corrected chi connectivity index (χ2v) is 7.10. The maximum atomic E-state index is 5.73. The molecule has 0 atom stereocenters. The van der Waals surface area contributed by atoms with E-state index in [4.69, 9.17) is 9.47 Å². The predicted molar refractivity (Wildman–Crippen MR) is 88.7 cm³/mol. The van der Waals surface area contributed by atoms with E-state index in [-0.39, 0.29) is 5.41 Å². The van der Waals surface area contributed by atoms with Crippen LogP contribution in [0, 0.1) is 0 Å². The summed E-state index contributed by atoms with van der Waals surface area (Å²) in [5.74, 6) is 0.925. The molecule has 1 aliphatic heterocycles. The van der Waals surface area contributed by atoms with Crippen molar-refractivity contribution in [3.05, 3.63) is 29.8 Å². The molecule has 2 rings (SSSR count). The van der Waals surface area contributed by atoms with Crippen molar-refractivity contribution in [3.8, 4) is 5.75 Å². The summed E-state index contributed by atoms with van der Waals surface area (Å²) in [6.07, 6.45) is 0. The number of rotatable bonds is 7. The number of nitrogens with one attached hydrogen (secondary N) is 1. The fourth-order valence-corrected chi connectivity index (χ4v) is 2.72. The Morgan fingerprint density at radius 1 is 1.00 bits per heavy atom. The molecule has 1 aromatic rings. The topological polar surface area (TPSA) is 39.5 Å². The first-order valence-corrected chi connectivity index (χ1v) is 8.52. The molecule has 1 fully saturated rings. The zero-order valence-corrected chi connectivity index (χ0v) is 14.4. The predicted octanol–water partition coefficient (Wildman–Crippen LogP) is -0.159. The lowest BCUT2D eigenvalue weighted by Crippen LogP contribution is -3.20. The van der Waals surface area contributed by atoms with E-state index < -0.39 is 0 Å². The molecule has 0 radical (unpaired) electrons. The van der Waals surface area contributed by atoms with Crippen LogP contribution in [0.25, 0.3) is 0 Å². The fraction of sp³-hybridized carbons (Fsp3) is 0.667. The van der Waals surface area contributed by atoms with Gasteiger partial charge in [0.25, 0.3) is 0 Å². The van der Waals surface area contributed by atoms with Crippen molar-refractivity contribution in [2.24, 2.45) is 0 Å². The lowest BCUT2D eigenvalue weighted by atomic mass is 9.87. The number of benzene rings is 1. The van der Waals surface area contributed by atoms with Crippen LogP contribution in [0.15, 0.2) is 24.3 Å². The van der Waals surface area contributed by atoms with E-state index in [0.717, 1.165) is 18.9 Å². The van der Waals surface area contributed by atoms with Gasteiger partial charge in [0.15, 0.2) is 0 Å². The Hall–Kier alpha value is -1.10. The summed E-state index contributed by atoms with van der Waals surface area (Å²) in [5, 5.41) is 2.39. The standard InChI is InChI=1S/C18H30N2O2/c1-18(2,3)16-4-6-17(7-5-16)22-15-14-21-13-12-20-10-8-19-9-11-20/h4-7,19H,8-15H2,1-3H3/p+2. The Labute approximate surface area is 134 Å². The minimum Gasteiger partial charge on any atom is -0.491 e. The van der Waals surface area contributed by atoms with E-state index in [1.165, 1.54) is 31.7 Å². The van der Waals surface area contributed by atoms with Gasteiger partial charge in [0.2, 0.25) is 0 Å². The Morgan fingerprint density at radius 2 is 1.68 bits per heavy atom. The molecule has 4 nitrogen and oxygen atoms in total. The largest absolute Gasteiger partial charge is 0.491 e. The Kier molecular flexibility index (Phi) is 6.68. The van der Waals surface area contributed by atoms with Crippen LogP contribution in [-0.2, 0) is 10.2 Å². The van der Waals surface area contributed by atoms with Gasteiger partial charge in [-0.15, -0.1) is 0 Å². The highest BCUT2D eigenvalue weighted by Gasteiger charge is 2.14. The van der Waals surface area contributed by atoms with Gasteiger partial charge < -0.3 is 19.7 Å². The van der Waals surface area contributed by atoms with Crippen molar-refractivity contribution >= 4 is 0 Å². The second-order valence-electron chi connectivity index (χ2n) is 7.10. The highest BCUT2D eigenvalue weighted by molar-refractivity contribution is 5.31. The lowest BCUT2D eigenvalue weighted by molar-refractivity contribution is -0.947. The van der Waals surface area contributed by atoms with Crippen LogP contribution < -0.4 is 15.0 Å². The minimum absolute atomic E-state index is 0.191. The average molecular weight is 308 g/mol. The number of hydrogen-bond acceptors (Lipinski definition) is 2. The monoisotopic (exact) mass is 308 g/mol. The molecule has 0 aliphatic carbocycles. The first kappa shape index (κ1) is 17.3. The van der Waals surface area contributed by atoms with Gasteiger partial charge in [-0.05, 0) is 23.1 Å². The summed E-state index contributed by atoms with van der Waals surface area (Å²) in [6.45, 7) is 14.9. The van der Waals surface area contributed by atoms with Crippen LogP contribution >= 0.6 is 0 Å². The van der Waals surface area contributed by atoms with Gasteiger partial charge in [-0.3, -0.25) is 0 Å². The molecule has 1 aliphatic rings. The van der Waals surface area contributed by atoms with Gasteiger partial charge in [0.1, 0.15) is 45.1 Å². The summed E-state index contributed by atoms with van der Waals surface area (Å²) < 4.78 is 11.4. The van der Waals surface area contributed by atoms with Crippen LogP contribution in [0.2, 0.25) is 0 Å². The highest BCUT2D eigenvalue weighted by atomic mass is 16.5. The quantitative estimate of drug-likeness (QED) is 0.687. The van der Waals surface area contributed by atoms with E-state index in [1.807, 2.05) is 0 Å². The van der Waals surface area contributed by atoms with Gasteiger partial charge in [0, 0.05) is 0 Å². The molecule has 1 heterocycles. The summed E-state index contributed by atoms with van der Waals surface area (Å²) >= 11 is 0. The third-order valence-electron chi connectivity index (χ3n) is 4.22.